The number of primary amides is 1. The lowest BCUT2D eigenvalue weighted by atomic mass is 10.2. The van der Waals surface area contributed by atoms with Crippen molar-refractivity contribution in [3.63, 3.8) is 0 Å². The van der Waals surface area contributed by atoms with Gasteiger partial charge in [-0.05, 0) is 17.7 Å². The van der Waals surface area contributed by atoms with Crippen molar-refractivity contribution < 1.29 is 4.79 Å². The second-order valence-corrected chi connectivity index (χ2v) is 3.76. The Morgan fingerprint density at radius 1 is 1.12 bits per heavy atom. The molecule has 1 heterocycles. The number of amides is 1. The summed E-state index contributed by atoms with van der Waals surface area (Å²) in [5.74, 6) is -0.298. The van der Waals surface area contributed by atoms with Gasteiger partial charge in [0.25, 0.3) is 0 Å². The molecule has 0 saturated carbocycles. The molecule has 1 amide bonds. The number of carbonyl (C=O) groups excluding carboxylic acids is 1. The van der Waals surface area contributed by atoms with Crippen LogP contribution in [0.1, 0.15) is 11.3 Å². The summed E-state index contributed by atoms with van der Waals surface area (Å²) in [4.78, 5) is 10.9. The predicted octanol–water partition coefficient (Wildman–Crippen LogP) is 1.56. The van der Waals surface area contributed by atoms with Crippen LogP contribution in [0, 0.1) is 0 Å². The normalized spacial score (nSPS) is 10.2. The van der Waals surface area contributed by atoms with Crippen molar-refractivity contribution in [2.45, 2.75) is 13.0 Å². The highest BCUT2D eigenvalue weighted by Crippen LogP contribution is 2.08. The van der Waals surface area contributed by atoms with Crippen molar-refractivity contribution in [1.82, 2.24) is 4.57 Å². The first kappa shape index (κ1) is 10.5. The Bertz CT molecular complexity index is 474. The largest absolute Gasteiger partial charge is 0.369 e. The Balaban J connectivity index is 2.16. The van der Waals surface area contributed by atoms with Gasteiger partial charge >= 0.3 is 0 Å². The van der Waals surface area contributed by atoms with Crippen LogP contribution >= 0.6 is 0 Å². The molecule has 3 nitrogen and oxygen atoms in total. The highest BCUT2D eigenvalue weighted by molar-refractivity contribution is 5.76. The van der Waals surface area contributed by atoms with Crippen molar-refractivity contribution >= 4 is 5.91 Å². The van der Waals surface area contributed by atoms with Crippen molar-refractivity contribution in [2.75, 3.05) is 0 Å². The van der Waals surface area contributed by atoms with Crippen LogP contribution in [0.5, 0.6) is 0 Å². The smallest absolute Gasteiger partial charge is 0.223 e. The summed E-state index contributed by atoms with van der Waals surface area (Å²) in [6.45, 7) is 0.774. The number of hydrogen-bond acceptors (Lipinski definition) is 1. The number of rotatable bonds is 4. The first-order valence-electron chi connectivity index (χ1n) is 5.22. The topological polar surface area (TPSA) is 48.0 Å². The average molecular weight is 214 g/mol. The second kappa shape index (κ2) is 4.66. The molecule has 1 aromatic carbocycles. The summed E-state index contributed by atoms with van der Waals surface area (Å²) in [6, 6.07) is 14.0. The quantitative estimate of drug-likeness (QED) is 0.825. The Labute approximate surface area is 94.5 Å². The van der Waals surface area contributed by atoms with E-state index in [4.69, 9.17) is 5.73 Å². The summed E-state index contributed by atoms with van der Waals surface area (Å²) in [6.07, 6.45) is 2.26. The van der Waals surface area contributed by atoms with Gasteiger partial charge in [-0.15, -0.1) is 0 Å². The van der Waals surface area contributed by atoms with E-state index in [9.17, 15) is 4.79 Å². The third-order valence-electron chi connectivity index (χ3n) is 2.47. The second-order valence-electron chi connectivity index (χ2n) is 3.76. The predicted molar refractivity (Wildman–Crippen MR) is 62.9 cm³/mol. The lowest BCUT2D eigenvalue weighted by Crippen LogP contribution is -2.16. The third-order valence-corrected chi connectivity index (χ3v) is 2.47. The van der Waals surface area contributed by atoms with E-state index in [2.05, 4.69) is 12.1 Å². The van der Waals surface area contributed by atoms with E-state index in [1.54, 1.807) is 0 Å². The van der Waals surface area contributed by atoms with Crippen LogP contribution in [-0.4, -0.2) is 10.5 Å². The molecule has 2 N–H and O–H groups in total. The lowest BCUT2D eigenvalue weighted by molar-refractivity contribution is -0.117. The Morgan fingerprint density at radius 3 is 2.56 bits per heavy atom. The zero-order valence-electron chi connectivity index (χ0n) is 8.97. The summed E-state index contributed by atoms with van der Waals surface area (Å²) in [7, 11) is 0. The van der Waals surface area contributed by atoms with E-state index in [0.717, 1.165) is 12.2 Å². The van der Waals surface area contributed by atoms with Crippen LogP contribution in [0.25, 0.3) is 0 Å². The third kappa shape index (κ3) is 2.51. The van der Waals surface area contributed by atoms with E-state index >= 15 is 0 Å². The number of aromatic nitrogens is 1. The highest BCUT2D eigenvalue weighted by atomic mass is 16.1. The molecule has 0 fully saturated rings. The molecule has 0 atom stereocenters. The number of carbonyl (C=O) groups is 1. The van der Waals surface area contributed by atoms with Crippen LogP contribution in [0.2, 0.25) is 0 Å². The number of nitrogens with two attached hydrogens (primary N) is 1. The molecule has 82 valence electrons. The van der Waals surface area contributed by atoms with Crippen molar-refractivity contribution in [3.05, 3.63) is 59.9 Å². The maximum Gasteiger partial charge on any atom is 0.223 e. The van der Waals surface area contributed by atoms with E-state index in [1.165, 1.54) is 5.56 Å². The van der Waals surface area contributed by atoms with Crippen molar-refractivity contribution in [2.24, 2.45) is 5.73 Å². The van der Waals surface area contributed by atoms with Crippen molar-refractivity contribution in [1.29, 1.82) is 0 Å². The number of nitrogens with zero attached hydrogens (tertiary/aromatic N) is 1. The molecule has 2 rings (SSSR count). The zero-order chi connectivity index (χ0) is 11.4. The number of hydrogen-bond donors (Lipinski definition) is 1. The molecule has 0 aliphatic carbocycles. The molecule has 1 aromatic heterocycles. The molecule has 16 heavy (non-hydrogen) atoms. The average Bonchev–Trinajstić information content (AvgIpc) is 2.66. The lowest BCUT2D eigenvalue weighted by Gasteiger charge is -2.07. The van der Waals surface area contributed by atoms with Gasteiger partial charge in [-0.1, -0.05) is 30.3 Å². The van der Waals surface area contributed by atoms with Gasteiger partial charge in [-0.25, -0.2) is 0 Å². The van der Waals surface area contributed by atoms with Crippen molar-refractivity contribution in [3.8, 4) is 0 Å². The van der Waals surface area contributed by atoms with Gasteiger partial charge in [0.15, 0.2) is 0 Å². The van der Waals surface area contributed by atoms with Crippen LogP contribution in [-0.2, 0) is 17.8 Å². The summed E-state index contributed by atoms with van der Waals surface area (Å²) < 4.78 is 2.04. The van der Waals surface area contributed by atoms with Gasteiger partial charge in [0.2, 0.25) is 5.91 Å². The highest BCUT2D eigenvalue weighted by Gasteiger charge is 2.04. The van der Waals surface area contributed by atoms with E-state index in [1.807, 2.05) is 41.1 Å². The van der Waals surface area contributed by atoms with Gasteiger partial charge < -0.3 is 10.3 Å². The summed E-state index contributed by atoms with van der Waals surface area (Å²) in [5.41, 5.74) is 7.36. The maximum atomic E-state index is 10.9. The Kier molecular flexibility index (Phi) is 3.05. The van der Waals surface area contributed by atoms with Crippen LogP contribution in [0.3, 0.4) is 0 Å². The van der Waals surface area contributed by atoms with E-state index in [0.29, 0.717) is 6.42 Å². The molecule has 0 radical (unpaired) electrons. The fourth-order valence-electron chi connectivity index (χ4n) is 1.72. The van der Waals surface area contributed by atoms with Crippen LogP contribution in [0.15, 0.2) is 48.7 Å². The van der Waals surface area contributed by atoms with E-state index < -0.39 is 0 Å². The molecule has 0 aliphatic heterocycles. The Hall–Kier alpha value is -2.03. The van der Waals surface area contributed by atoms with Gasteiger partial charge in [-0.2, -0.15) is 0 Å². The molecule has 0 saturated heterocycles. The maximum absolute atomic E-state index is 10.9. The van der Waals surface area contributed by atoms with Gasteiger partial charge in [-0.3, -0.25) is 4.79 Å². The minimum Gasteiger partial charge on any atom is -0.369 e. The molecular formula is C13H14N2O. The molecule has 0 bridgehead atoms. The minimum atomic E-state index is -0.298. The zero-order valence-corrected chi connectivity index (χ0v) is 8.97. The SMILES string of the molecule is NC(=O)Cc1cccn1Cc1ccccc1. The fourth-order valence-corrected chi connectivity index (χ4v) is 1.72. The standard InChI is InChI=1S/C13H14N2O/c14-13(16)9-12-7-4-8-15(12)10-11-5-2-1-3-6-11/h1-8H,9-10H2,(H2,14,16). The molecule has 0 unspecified atom stereocenters. The first-order valence-corrected chi connectivity index (χ1v) is 5.22. The number of benzene rings is 1. The molecule has 2 aromatic rings. The van der Waals surface area contributed by atoms with Crippen LogP contribution in [0.4, 0.5) is 0 Å². The summed E-state index contributed by atoms with van der Waals surface area (Å²) in [5, 5.41) is 0. The van der Waals surface area contributed by atoms with Gasteiger partial charge in [0.05, 0.1) is 6.42 Å². The molecule has 3 heteroatoms. The van der Waals surface area contributed by atoms with Gasteiger partial charge in [0, 0.05) is 18.4 Å². The first-order chi connectivity index (χ1) is 7.75. The fraction of sp³-hybridized carbons (Fsp3) is 0.154. The minimum absolute atomic E-state index is 0.292. The van der Waals surface area contributed by atoms with Gasteiger partial charge in [0.1, 0.15) is 0 Å². The van der Waals surface area contributed by atoms with E-state index in [-0.39, 0.29) is 5.91 Å². The molecular weight excluding hydrogens is 200 g/mol. The monoisotopic (exact) mass is 214 g/mol. The molecule has 0 aliphatic rings. The van der Waals surface area contributed by atoms with Crippen LogP contribution < -0.4 is 5.73 Å². The molecule has 0 spiro atoms. The summed E-state index contributed by atoms with van der Waals surface area (Å²) >= 11 is 0. The Morgan fingerprint density at radius 2 is 1.88 bits per heavy atom.